The molecule has 20 heavy (non-hydrogen) atoms. The van der Waals surface area contributed by atoms with Gasteiger partial charge in [0, 0.05) is 4.47 Å². The molecular formula is C14H9BrF2N2S. The average Bonchev–Trinajstić information content (AvgIpc) is 2.69. The van der Waals surface area contributed by atoms with E-state index in [0.29, 0.717) is 27.1 Å². The molecule has 3 rings (SSSR count). The van der Waals surface area contributed by atoms with Crippen LogP contribution in [0.3, 0.4) is 0 Å². The second kappa shape index (κ2) is 4.79. The standard InChI is InChI=1S/C14H9BrF2N2S/c1-7-4-13-11(6-10(7)17)18-14(20)19(13)12-5-8(15)2-3-9(12)16/h2-6H,1H3,(H,18,20). The number of aryl methyl sites for hydroxylation is 1. The first-order valence-corrected chi connectivity index (χ1v) is 7.04. The molecule has 0 aliphatic heterocycles. The highest BCUT2D eigenvalue weighted by Gasteiger charge is 2.13. The summed E-state index contributed by atoms with van der Waals surface area (Å²) in [5.74, 6) is -0.720. The predicted octanol–water partition coefficient (Wildman–Crippen LogP) is 5.04. The van der Waals surface area contributed by atoms with E-state index < -0.39 is 5.82 Å². The van der Waals surface area contributed by atoms with Gasteiger partial charge in [-0.25, -0.2) is 8.78 Å². The molecule has 2 nitrogen and oxygen atoms in total. The monoisotopic (exact) mass is 354 g/mol. The van der Waals surface area contributed by atoms with E-state index in [-0.39, 0.29) is 5.82 Å². The van der Waals surface area contributed by atoms with E-state index in [1.54, 1.807) is 29.7 Å². The van der Waals surface area contributed by atoms with E-state index in [2.05, 4.69) is 20.9 Å². The summed E-state index contributed by atoms with van der Waals surface area (Å²) < 4.78 is 30.3. The van der Waals surface area contributed by atoms with Crippen LogP contribution >= 0.6 is 28.1 Å². The van der Waals surface area contributed by atoms with E-state index in [9.17, 15) is 8.78 Å². The Morgan fingerprint density at radius 1 is 1.15 bits per heavy atom. The zero-order valence-corrected chi connectivity index (χ0v) is 12.8. The summed E-state index contributed by atoms with van der Waals surface area (Å²) in [5.41, 5.74) is 1.99. The van der Waals surface area contributed by atoms with Crippen molar-refractivity contribution in [1.82, 2.24) is 9.55 Å². The number of nitrogens with one attached hydrogen (secondary N) is 1. The van der Waals surface area contributed by atoms with Crippen molar-refractivity contribution < 1.29 is 8.78 Å². The molecule has 0 aliphatic carbocycles. The largest absolute Gasteiger partial charge is 0.330 e. The van der Waals surface area contributed by atoms with Crippen LogP contribution in [0, 0.1) is 23.3 Å². The van der Waals surface area contributed by atoms with Crippen molar-refractivity contribution in [2.24, 2.45) is 0 Å². The lowest BCUT2D eigenvalue weighted by Crippen LogP contribution is -1.98. The molecule has 6 heteroatoms. The van der Waals surface area contributed by atoms with Crippen molar-refractivity contribution in [2.75, 3.05) is 0 Å². The summed E-state index contributed by atoms with van der Waals surface area (Å²) in [4.78, 5) is 2.90. The van der Waals surface area contributed by atoms with E-state index in [1.165, 1.54) is 12.1 Å². The summed E-state index contributed by atoms with van der Waals surface area (Å²) >= 11 is 8.54. The summed E-state index contributed by atoms with van der Waals surface area (Å²) in [7, 11) is 0. The Labute approximate surface area is 127 Å². The number of aromatic nitrogens is 2. The normalized spacial score (nSPS) is 11.2. The molecule has 1 N–H and O–H groups in total. The Bertz CT molecular complexity index is 883. The quantitative estimate of drug-likeness (QED) is 0.607. The first-order chi connectivity index (χ1) is 9.47. The third kappa shape index (κ3) is 2.09. The van der Waals surface area contributed by atoms with E-state index in [4.69, 9.17) is 12.2 Å². The lowest BCUT2D eigenvalue weighted by Gasteiger charge is -2.07. The van der Waals surface area contributed by atoms with Gasteiger partial charge >= 0.3 is 0 Å². The lowest BCUT2D eigenvalue weighted by molar-refractivity contribution is 0.618. The minimum Gasteiger partial charge on any atom is -0.330 e. The van der Waals surface area contributed by atoms with Gasteiger partial charge in [0.25, 0.3) is 0 Å². The highest BCUT2D eigenvalue weighted by molar-refractivity contribution is 9.10. The first kappa shape index (κ1) is 13.5. The van der Waals surface area contributed by atoms with Gasteiger partial charge in [0.1, 0.15) is 11.6 Å². The molecule has 1 heterocycles. The van der Waals surface area contributed by atoms with E-state index in [1.807, 2.05) is 0 Å². The van der Waals surface area contributed by atoms with Gasteiger partial charge in [-0.3, -0.25) is 4.57 Å². The Kier molecular flexibility index (Phi) is 3.22. The molecule has 0 spiro atoms. The van der Waals surface area contributed by atoms with E-state index in [0.717, 1.165) is 4.47 Å². The zero-order valence-electron chi connectivity index (χ0n) is 10.4. The van der Waals surface area contributed by atoms with Gasteiger partial charge in [-0.05, 0) is 55.0 Å². The van der Waals surface area contributed by atoms with Crippen LogP contribution in [0.1, 0.15) is 5.56 Å². The molecule has 0 saturated carbocycles. The topological polar surface area (TPSA) is 20.7 Å². The number of aromatic amines is 1. The number of rotatable bonds is 1. The van der Waals surface area contributed by atoms with Gasteiger partial charge < -0.3 is 4.98 Å². The third-order valence-corrected chi connectivity index (χ3v) is 3.89. The molecular weight excluding hydrogens is 346 g/mol. The number of halogens is 3. The Morgan fingerprint density at radius 2 is 1.90 bits per heavy atom. The van der Waals surface area contributed by atoms with Crippen molar-refractivity contribution in [3.05, 3.63) is 56.8 Å². The Balaban J connectivity index is 2.42. The van der Waals surface area contributed by atoms with Crippen LogP contribution < -0.4 is 0 Å². The van der Waals surface area contributed by atoms with Gasteiger partial charge in [0.15, 0.2) is 4.77 Å². The fourth-order valence-electron chi connectivity index (χ4n) is 2.13. The number of hydrogen-bond acceptors (Lipinski definition) is 1. The number of benzene rings is 2. The maximum absolute atomic E-state index is 14.0. The minimum atomic E-state index is -0.396. The van der Waals surface area contributed by atoms with Crippen LogP contribution in [-0.4, -0.2) is 9.55 Å². The van der Waals surface area contributed by atoms with Crippen LogP contribution in [0.15, 0.2) is 34.8 Å². The molecule has 0 fully saturated rings. The van der Waals surface area contributed by atoms with E-state index >= 15 is 0 Å². The van der Waals surface area contributed by atoms with Gasteiger partial charge in [-0.1, -0.05) is 15.9 Å². The summed E-state index contributed by atoms with van der Waals surface area (Å²) in [5, 5.41) is 0. The summed E-state index contributed by atoms with van der Waals surface area (Å²) in [6.07, 6.45) is 0. The van der Waals surface area contributed by atoms with Crippen molar-refractivity contribution in [1.29, 1.82) is 0 Å². The highest BCUT2D eigenvalue weighted by Crippen LogP contribution is 2.26. The van der Waals surface area contributed by atoms with Crippen LogP contribution in [-0.2, 0) is 0 Å². The Morgan fingerprint density at radius 3 is 2.65 bits per heavy atom. The molecule has 0 amide bonds. The third-order valence-electron chi connectivity index (χ3n) is 3.11. The summed E-state index contributed by atoms with van der Waals surface area (Å²) in [6.45, 7) is 1.66. The molecule has 0 unspecified atom stereocenters. The maximum atomic E-state index is 14.0. The van der Waals surface area contributed by atoms with Crippen molar-refractivity contribution in [2.45, 2.75) is 6.92 Å². The number of nitrogens with zero attached hydrogens (tertiary/aromatic N) is 1. The van der Waals surface area contributed by atoms with Gasteiger partial charge in [0.2, 0.25) is 0 Å². The van der Waals surface area contributed by atoms with Crippen LogP contribution in [0.5, 0.6) is 0 Å². The van der Waals surface area contributed by atoms with Gasteiger partial charge in [-0.15, -0.1) is 0 Å². The zero-order chi connectivity index (χ0) is 14.4. The molecule has 2 aromatic carbocycles. The fraction of sp³-hybridized carbons (Fsp3) is 0.0714. The molecule has 0 aliphatic rings. The number of H-pyrrole nitrogens is 1. The molecule has 3 aromatic rings. The minimum absolute atomic E-state index is 0.321. The SMILES string of the molecule is Cc1cc2c(cc1F)[nH]c(=S)n2-c1cc(Br)ccc1F. The summed E-state index contributed by atoms with van der Waals surface area (Å²) in [6, 6.07) is 7.62. The number of fused-ring (bicyclic) bond motifs is 1. The second-order valence-corrected chi connectivity index (χ2v) is 5.78. The smallest absolute Gasteiger partial charge is 0.182 e. The van der Waals surface area contributed by atoms with Gasteiger partial charge in [-0.2, -0.15) is 0 Å². The van der Waals surface area contributed by atoms with Gasteiger partial charge in [0.05, 0.1) is 16.7 Å². The predicted molar refractivity (Wildman–Crippen MR) is 80.8 cm³/mol. The molecule has 0 saturated heterocycles. The second-order valence-electron chi connectivity index (χ2n) is 4.48. The Hall–Kier alpha value is -1.53. The van der Waals surface area contributed by atoms with Crippen molar-refractivity contribution in [3.63, 3.8) is 0 Å². The lowest BCUT2D eigenvalue weighted by atomic mass is 10.2. The number of hydrogen-bond donors (Lipinski definition) is 1. The number of imidazole rings is 1. The van der Waals surface area contributed by atoms with Crippen molar-refractivity contribution in [3.8, 4) is 5.69 Å². The molecule has 0 bridgehead atoms. The maximum Gasteiger partial charge on any atom is 0.182 e. The highest BCUT2D eigenvalue weighted by atomic mass is 79.9. The average molecular weight is 355 g/mol. The molecule has 0 radical (unpaired) electrons. The van der Waals surface area contributed by atoms with Crippen LogP contribution in [0.2, 0.25) is 0 Å². The first-order valence-electron chi connectivity index (χ1n) is 5.83. The van der Waals surface area contributed by atoms with Crippen LogP contribution in [0.25, 0.3) is 16.7 Å². The molecule has 102 valence electrons. The van der Waals surface area contributed by atoms with Crippen LogP contribution in [0.4, 0.5) is 8.78 Å². The van der Waals surface area contributed by atoms with Crippen molar-refractivity contribution >= 4 is 39.2 Å². The fourth-order valence-corrected chi connectivity index (χ4v) is 2.78. The molecule has 0 atom stereocenters. The molecule has 1 aromatic heterocycles.